The number of halogens is 4. The molecule has 50 heavy (non-hydrogen) atoms. The van der Waals surface area contributed by atoms with Gasteiger partial charge >= 0.3 is 0 Å². The van der Waals surface area contributed by atoms with Crippen molar-refractivity contribution in [2.45, 2.75) is 25.7 Å². The van der Waals surface area contributed by atoms with Crippen LogP contribution in [0, 0.1) is 0 Å². The predicted molar refractivity (Wildman–Crippen MR) is 204 cm³/mol. The summed E-state index contributed by atoms with van der Waals surface area (Å²) in [4.78, 5) is 26.6. The Bertz CT molecular complexity index is 2080. The normalized spacial score (nSPS) is 11.9. The Balaban J connectivity index is 1.08. The van der Waals surface area contributed by atoms with Gasteiger partial charge in [0.2, 0.25) is 21.4 Å². The van der Waals surface area contributed by atoms with E-state index in [9.17, 15) is 9.59 Å². The van der Waals surface area contributed by atoms with E-state index in [2.05, 4.69) is 21.1 Å². The maximum atomic E-state index is 12.7. The predicted octanol–water partition coefficient (Wildman–Crippen LogP) is 9.46. The van der Waals surface area contributed by atoms with E-state index in [0.29, 0.717) is 42.5 Å². The molecule has 2 amide bonds. The standard InChI is InChI=1S/C36H28Cl4N6O2S2/c37-25-9-5-23(6-10-25)31-21-49-35(45(31)29-17-13-27(39)14-18-29)43-41-33(47)3-1-2-4-34(48)42-44-36-46(30-19-15-28(40)16-20-30)32(22-50-36)24-7-11-26(38)12-8-24/h5-22H,1-4H2,(H,41,47)(H,42,48)/b43-35-,44-36-. The number of hydrogen-bond acceptors (Lipinski definition) is 6. The van der Waals surface area contributed by atoms with Gasteiger partial charge in [0.25, 0.3) is 0 Å². The highest BCUT2D eigenvalue weighted by Crippen LogP contribution is 2.27. The fourth-order valence-electron chi connectivity index (χ4n) is 5.00. The average molecular weight is 783 g/mol. The highest BCUT2D eigenvalue weighted by Gasteiger charge is 2.13. The smallest absolute Gasteiger partial charge is 0.240 e. The number of rotatable bonds is 11. The van der Waals surface area contributed by atoms with Crippen molar-refractivity contribution in [2.24, 2.45) is 10.2 Å². The molecule has 0 aliphatic rings. The van der Waals surface area contributed by atoms with E-state index in [1.165, 1.54) is 22.7 Å². The molecule has 0 atom stereocenters. The average Bonchev–Trinajstić information content (AvgIpc) is 3.74. The minimum absolute atomic E-state index is 0.205. The van der Waals surface area contributed by atoms with E-state index < -0.39 is 0 Å². The quantitative estimate of drug-likeness (QED) is 0.101. The first-order valence-corrected chi connectivity index (χ1v) is 18.6. The van der Waals surface area contributed by atoms with Crippen molar-refractivity contribution >= 4 is 80.9 Å². The molecule has 4 aromatic carbocycles. The van der Waals surface area contributed by atoms with Crippen LogP contribution in [0.5, 0.6) is 0 Å². The number of unbranched alkanes of at least 4 members (excludes halogenated alkanes) is 1. The molecule has 0 aliphatic heterocycles. The zero-order valence-corrected chi connectivity index (χ0v) is 30.8. The third kappa shape index (κ3) is 8.95. The van der Waals surface area contributed by atoms with E-state index in [0.717, 1.165) is 33.9 Å². The highest BCUT2D eigenvalue weighted by atomic mass is 35.5. The number of aromatic nitrogens is 2. The van der Waals surface area contributed by atoms with Crippen LogP contribution in [-0.4, -0.2) is 20.9 Å². The molecule has 0 radical (unpaired) electrons. The number of nitrogens with zero attached hydrogens (tertiary/aromatic N) is 4. The fraction of sp³-hybridized carbons (Fsp3) is 0.111. The molecule has 8 nitrogen and oxygen atoms in total. The van der Waals surface area contributed by atoms with Crippen LogP contribution in [0.4, 0.5) is 0 Å². The second-order valence-corrected chi connectivity index (χ2v) is 14.4. The van der Waals surface area contributed by atoms with Gasteiger partial charge in [-0.3, -0.25) is 18.7 Å². The summed E-state index contributed by atoms with van der Waals surface area (Å²) in [6.07, 6.45) is 1.40. The first kappa shape index (κ1) is 35.7. The largest absolute Gasteiger partial charge is 0.284 e. The number of benzene rings is 4. The third-order valence-corrected chi connectivity index (χ3v) is 10.1. The Morgan fingerprint density at radius 2 is 0.840 bits per heavy atom. The maximum absolute atomic E-state index is 12.7. The molecule has 254 valence electrons. The van der Waals surface area contributed by atoms with E-state index in [1.807, 2.05) is 92.7 Å². The van der Waals surface area contributed by atoms with Gasteiger partial charge in [-0.25, -0.2) is 10.9 Å². The summed E-state index contributed by atoms with van der Waals surface area (Å²) in [6.45, 7) is 0. The van der Waals surface area contributed by atoms with Gasteiger partial charge in [-0.15, -0.1) is 32.9 Å². The van der Waals surface area contributed by atoms with Crippen LogP contribution in [0.25, 0.3) is 33.9 Å². The fourth-order valence-corrected chi connectivity index (χ4v) is 7.24. The van der Waals surface area contributed by atoms with Crippen molar-refractivity contribution in [3.63, 3.8) is 0 Å². The van der Waals surface area contributed by atoms with Gasteiger partial charge in [0.1, 0.15) is 0 Å². The highest BCUT2D eigenvalue weighted by molar-refractivity contribution is 7.07. The lowest BCUT2D eigenvalue weighted by Gasteiger charge is -2.10. The monoisotopic (exact) mass is 780 g/mol. The van der Waals surface area contributed by atoms with Gasteiger partial charge < -0.3 is 0 Å². The van der Waals surface area contributed by atoms with Crippen molar-refractivity contribution < 1.29 is 9.59 Å². The zero-order valence-electron chi connectivity index (χ0n) is 26.2. The van der Waals surface area contributed by atoms with Crippen molar-refractivity contribution in [1.29, 1.82) is 0 Å². The molecule has 6 aromatic rings. The molecule has 0 spiro atoms. The second kappa shape index (κ2) is 16.7. The van der Waals surface area contributed by atoms with Crippen molar-refractivity contribution in [3.05, 3.63) is 138 Å². The van der Waals surface area contributed by atoms with Crippen molar-refractivity contribution in [1.82, 2.24) is 20.0 Å². The zero-order chi connectivity index (χ0) is 35.0. The lowest BCUT2D eigenvalue weighted by molar-refractivity contribution is -0.123. The minimum atomic E-state index is -0.253. The van der Waals surface area contributed by atoms with Crippen molar-refractivity contribution in [3.8, 4) is 33.9 Å². The molecule has 14 heteroatoms. The third-order valence-electron chi connectivity index (χ3n) is 7.48. The molecule has 0 fully saturated rings. The molecule has 0 bridgehead atoms. The molecule has 0 saturated heterocycles. The van der Waals surface area contributed by atoms with Gasteiger partial charge in [0.15, 0.2) is 0 Å². The summed E-state index contributed by atoms with van der Waals surface area (Å²) in [5, 5.41) is 15.3. The lowest BCUT2D eigenvalue weighted by atomic mass is 10.1. The van der Waals surface area contributed by atoms with Gasteiger partial charge in [-0.05, 0) is 96.8 Å². The summed E-state index contributed by atoms with van der Waals surface area (Å²) in [7, 11) is 0. The summed E-state index contributed by atoms with van der Waals surface area (Å²) in [5.74, 6) is -0.506. The molecular weight excluding hydrogens is 754 g/mol. The van der Waals surface area contributed by atoms with Gasteiger partial charge in [0, 0.05) is 55.1 Å². The van der Waals surface area contributed by atoms with E-state index in [1.54, 1.807) is 24.3 Å². The maximum Gasteiger partial charge on any atom is 0.240 e. The Hall–Kier alpha value is -4.16. The number of thiazole rings is 2. The molecule has 2 N–H and O–H groups in total. The number of carbonyl (C=O) groups excluding carboxylic acids is 2. The Morgan fingerprint density at radius 1 is 0.520 bits per heavy atom. The molecule has 6 rings (SSSR count). The number of carbonyl (C=O) groups is 2. The van der Waals surface area contributed by atoms with Crippen LogP contribution in [0.3, 0.4) is 0 Å². The minimum Gasteiger partial charge on any atom is -0.284 e. The van der Waals surface area contributed by atoms with Crippen LogP contribution in [0.1, 0.15) is 25.7 Å². The first-order chi connectivity index (χ1) is 24.2. The Labute approximate surface area is 315 Å². The first-order valence-electron chi connectivity index (χ1n) is 15.3. The number of hydrogen-bond donors (Lipinski definition) is 2. The van der Waals surface area contributed by atoms with Crippen LogP contribution in [0.2, 0.25) is 20.1 Å². The summed E-state index contributed by atoms with van der Waals surface area (Å²) >= 11 is 27.3. The molecule has 2 aromatic heterocycles. The second-order valence-electron chi connectivity index (χ2n) is 10.9. The number of amides is 2. The topological polar surface area (TPSA) is 92.8 Å². The van der Waals surface area contributed by atoms with E-state index in [-0.39, 0.29) is 24.7 Å². The van der Waals surface area contributed by atoms with Gasteiger partial charge in [-0.2, -0.15) is 0 Å². The van der Waals surface area contributed by atoms with Gasteiger partial charge in [-0.1, -0.05) is 70.7 Å². The Morgan fingerprint density at radius 3 is 1.18 bits per heavy atom. The molecule has 0 unspecified atom stereocenters. The van der Waals surface area contributed by atoms with Gasteiger partial charge in [0.05, 0.1) is 11.4 Å². The SMILES string of the molecule is O=C(CCCCC(=O)N/N=c1\scc(-c2ccc(Cl)cc2)n1-c1ccc(Cl)cc1)N/N=c1\scc(-c2ccc(Cl)cc2)n1-c1ccc(Cl)cc1. The van der Waals surface area contributed by atoms with E-state index in [4.69, 9.17) is 46.4 Å². The van der Waals surface area contributed by atoms with Crippen LogP contribution in [0.15, 0.2) is 118 Å². The molecule has 2 heterocycles. The van der Waals surface area contributed by atoms with Crippen molar-refractivity contribution in [2.75, 3.05) is 0 Å². The molecular formula is C36H28Cl4N6O2S2. The molecule has 0 saturated carbocycles. The Kier molecular flexibility index (Phi) is 11.9. The van der Waals surface area contributed by atoms with E-state index >= 15 is 0 Å². The van der Waals surface area contributed by atoms with Crippen LogP contribution < -0.4 is 20.5 Å². The summed E-state index contributed by atoms with van der Waals surface area (Å²) < 4.78 is 3.89. The lowest BCUT2D eigenvalue weighted by Crippen LogP contribution is -2.24. The van der Waals surface area contributed by atoms with Crippen LogP contribution >= 0.6 is 69.1 Å². The molecule has 0 aliphatic carbocycles. The van der Waals surface area contributed by atoms with Crippen LogP contribution in [-0.2, 0) is 9.59 Å². The summed E-state index contributed by atoms with van der Waals surface area (Å²) in [6, 6.07) is 29.8. The summed E-state index contributed by atoms with van der Waals surface area (Å²) in [5.41, 5.74) is 10.7. The number of nitrogens with one attached hydrogen (secondary N) is 2.